The maximum Gasteiger partial charge on any atom is 0.336 e. The Hall–Kier alpha value is -3.68. The predicted molar refractivity (Wildman–Crippen MR) is 100 cm³/mol. The highest BCUT2D eigenvalue weighted by atomic mass is 16.5. The lowest BCUT2D eigenvalue weighted by Crippen LogP contribution is -2.08. The molecule has 0 radical (unpaired) electrons. The van der Waals surface area contributed by atoms with Crippen LogP contribution in [0.4, 0.5) is 5.82 Å². The summed E-state index contributed by atoms with van der Waals surface area (Å²) >= 11 is 0. The second kappa shape index (κ2) is 6.91. The molecule has 0 amide bonds. The van der Waals surface area contributed by atoms with Gasteiger partial charge in [0.15, 0.2) is 0 Å². The molecule has 2 N–H and O–H groups in total. The van der Waals surface area contributed by atoms with E-state index < -0.39 is 0 Å². The molecule has 3 aromatic heterocycles. The Balaban J connectivity index is 1.43. The third-order valence-electron chi connectivity index (χ3n) is 4.13. The number of rotatable bonds is 5. The maximum atomic E-state index is 11.5. The number of anilines is 1. The summed E-state index contributed by atoms with van der Waals surface area (Å²) in [4.78, 5) is 15.5. The smallest absolute Gasteiger partial charge is 0.336 e. The number of nitrogens with two attached hydrogens (primary N) is 1. The second-order valence-electron chi connectivity index (χ2n) is 6.09. The highest BCUT2D eigenvalue weighted by molar-refractivity contribution is 5.81. The van der Waals surface area contributed by atoms with Crippen LogP contribution in [0.15, 0.2) is 58.0 Å². The van der Waals surface area contributed by atoms with Crippen molar-refractivity contribution in [3.05, 3.63) is 64.8 Å². The SMILES string of the molecule is Cc1cc(=O)oc2cc(OCCn3cc(-c4ccnc(N)c4)nn3)ccc12. The summed E-state index contributed by atoms with van der Waals surface area (Å²) in [6.45, 7) is 2.78. The van der Waals surface area contributed by atoms with Crippen molar-refractivity contribution in [2.24, 2.45) is 0 Å². The van der Waals surface area contributed by atoms with E-state index in [4.69, 9.17) is 14.9 Å². The maximum absolute atomic E-state index is 11.5. The fourth-order valence-electron chi connectivity index (χ4n) is 2.80. The largest absolute Gasteiger partial charge is 0.492 e. The summed E-state index contributed by atoms with van der Waals surface area (Å²) in [5, 5.41) is 9.12. The van der Waals surface area contributed by atoms with Crippen molar-refractivity contribution in [2.75, 3.05) is 12.3 Å². The fraction of sp³-hybridized carbons (Fsp3) is 0.158. The van der Waals surface area contributed by atoms with E-state index in [1.165, 1.54) is 6.07 Å². The lowest BCUT2D eigenvalue weighted by molar-refractivity contribution is 0.289. The van der Waals surface area contributed by atoms with Crippen molar-refractivity contribution >= 4 is 16.8 Å². The van der Waals surface area contributed by atoms with Gasteiger partial charge in [0, 0.05) is 29.3 Å². The topological polar surface area (TPSA) is 109 Å². The monoisotopic (exact) mass is 363 g/mol. The van der Waals surface area contributed by atoms with Gasteiger partial charge in [0.25, 0.3) is 0 Å². The first-order valence-electron chi connectivity index (χ1n) is 8.38. The molecule has 136 valence electrons. The van der Waals surface area contributed by atoms with E-state index in [1.807, 2.05) is 31.3 Å². The molecule has 0 saturated heterocycles. The number of pyridine rings is 1. The molecule has 4 aromatic rings. The van der Waals surface area contributed by atoms with Gasteiger partial charge in [-0.3, -0.25) is 0 Å². The van der Waals surface area contributed by atoms with Gasteiger partial charge in [-0.05, 0) is 36.8 Å². The zero-order valence-corrected chi connectivity index (χ0v) is 14.6. The number of nitrogen functional groups attached to an aromatic ring is 1. The number of hydrogen-bond acceptors (Lipinski definition) is 7. The van der Waals surface area contributed by atoms with E-state index in [1.54, 1.807) is 23.0 Å². The Labute approximate surface area is 154 Å². The van der Waals surface area contributed by atoms with Gasteiger partial charge < -0.3 is 14.9 Å². The van der Waals surface area contributed by atoms with Gasteiger partial charge >= 0.3 is 5.63 Å². The molecular formula is C19H17N5O3. The van der Waals surface area contributed by atoms with E-state index in [-0.39, 0.29) is 5.63 Å². The molecule has 1 aromatic carbocycles. The number of benzene rings is 1. The van der Waals surface area contributed by atoms with Crippen LogP contribution >= 0.6 is 0 Å². The summed E-state index contributed by atoms with van der Waals surface area (Å²) in [5.74, 6) is 1.06. The van der Waals surface area contributed by atoms with E-state index in [9.17, 15) is 4.79 Å². The molecule has 0 fully saturated rings. The molecule has 0 saturated carbocycles. The number of fused-ring (bicyclic) bond motifs is 1. The minimum atomic E-state index is -0.371. The van der Waals surface area contributed by atoms with Gasteiger partial charge in [-0.1, -0.05) is 5.21 Å². The zero-order valence-electron chi connectivity index (χ0n) is 14.6. The Kier molecular flexibility index (Phi) is 4.29. The van der Waals surface area contributed by atoms with Gasteiger partial charge in [0.1, 0.15) is 29.5 Å². The standard InChI is InChI=1S/C19H17N5O3/c1-12-8-19(25)27-17-10-14(2-3-15(12)17)26-7-6-24-11-16(22-23-24)13-4-5-21-18(20)9-13/h2-5,8-11H,6-7H2,1H3,(H2,20,21). The van der Waals surface area contributed by atoms with Crippen LogP contribution in [0.1, 0.15) is 5.56 Å². The third kappa shape index (κ3) is 3.64. The first-order valence-corrected chi connectivity index (χ1v) is 8.38. The first kappa shape index (κ1) is 16.8. The van der Waals surface area contributed by atoms with Crippen molar-refractivity contribution in [3.63, 3.8) is 0 Å². The van der Waals surface area contributed by atoms with Crippen LogP contribution in [-0.2, 0) is 6.54 Å². The molecule has 3 heterocycles. The molecule has 0 aliphatic heterocycles. The van der Waals surface area contributed by atoms with Crippen LogP contribution in [0.3, 0.4) is 0 Å². The highest BCUT2D eigenvalue weighted by Gasteiger charge is 2.06. The number of aryl methyl sites for hydroxylation is 1. The quantitative estimate of drug-likeness (QED) is 0.542. The zero-order chi connectivity index (χ0) is 18.8. The van der Waals surface area contributed by atoms with Crippen LogP contribution in [0.25, 0.3) is 22.2 Å². The van der Waals surface area contributed by atoms with Gasteiger partial charge in [-0.15, -0.1) is 5.10 Å². The van der Waals surface area contributed by atoms with Crippen molar-refractivity contribution in [1.82, 2.24) is 20.0 Å². The predicted octanol–water partition coefficient (Wildman–Crippen LogP) is 2.42. The lowest BCUT2D eigenvalue weighted by Gasteiger charge is -2.07. The van der Waals surface area contributed by atoms with Crippen LogP contribution in [-0.4, -0.2) is 26.6 Å². The van der Waals surface area contributed by atoms with E-state index in [2.05, 4.69) is 15.3 Å². The molecule has 0 aliphatic rings. The molecule has 8 nitrogen and oxygen atoms in total. The molecule has 8 heteroatoms. The summed E-state index contributed by atoms with van der Waals surface area (Å²) in [5.41, 5.74) is 8.28. The molecule has 0 atom stereocenters. The van der Waals surface area contributed by atoms with E-state index in [0.717, 1.165) is 16.5 Å². The minimum Gasteiger partial charge on any atom is -0.492 e. The van der Waals surface area contributed by atoms with E-state index >= 15 is 0 Å². The molecule has 0 spiro atoms. The van der Waals surface area contributed by atoms with Gasteiger partial charge in [-0.2, -0.15) is 0 Å². The van der Waals surface area contributed by atoms with Gasteiger partial charge in [0.05, 0.1) is 12.7 Å². The van der Waals surface area contributed by atoms with Crippen LogP contribution in [0.2, 0.25) is 0 Å². The number of nitrogens with zero attached hydrogens (tertiary/aromatic N) is 4. The Morgan fingerprint density at radius 1 is 1.22 bits per heavy atom. The van der Waals surface area contributed by atoms with Crippen molar-refractivity contribution in [2.45, 2.75) is 13.5 Å². The molecular weight excluding hydrogens is 346 g/mol. The number of hydrogen-bond donors (Lipinski definition) is 1. The second-order valence-corrected chi connectivity index (χ2v) is 6.09. The minimum absolute atomic E-state index is 0.371. The average molecular weight is 363 g/mol. The Bertz CT molecular complexity index is 1170. The van der Waals surface area contributed by atoms with Crippen LogP contribution in [0.5, 0.6) is 5.75 Å². The van der Waals surface area contributed by atoms with Crippen LogP contribution < -0.4 is 16.1 Å². The molecule has 4 rings (SSSR count). The molecule has 0 aliphatic carbocycles. The van der Waals surface area contributed by atoms with Crippen molar-refractivity contribution in [3.8, 4) is 17.0 Å². The first-order chi connectivity index (χ1) is 13.1. The molecule has 0 bridgehead atoms. The average Bonchev–Trinajstić information content (AvgIpc) is 3.10. The Morgan fingerprint density at radius 3 is 2.96 bits per heavy atom. The fourth-order valence-corrected chi connectivity index (χ4v) is 2.80. The highest BCUT2D eigenvalue weighted by Crippen LogP contribution is 2.22. The Morgan fingerprint density at radius 2 is 2.11 bits per heavy atom. The summed E-state index contributed by atoms with van der Waals surface area (Å²) in [6.07, 6.45) is 3.45. The normalized spacial score (nSPS) is 11.0. The number of ether oxygens (including phenoxy) is 1. The van der Waals surface area contributed by atoms with E-state index in [0.29, 0.717) is 36.0 Å². The third-order valence-corrected chi connectivity index (χ3v) is 4.13. The molecule has 27 heavy (non-hydrogen) atoms. The summed E-state index contributed by atoms with van der Waals surface area (Å²) < 4.78 is 12.7. The van der Waals surface area contributed by atoms with Crippen molar-refractivity contribution < 1.29 is 9.15 Å². The number of aromatic nitrogens is 4. The van der Waals surface area contributed by atoms with Gasteiger partial charge in [-0.25, -0.2) is 14.5 Å². The summed E-state index contributed by atoms with van der Waals surface area (Å²) in [7, 11) is 0. The van der Waals surface area contributed by atoms with Crippen LogP contribution in [0, 0.1) is 6.92 Å². The van der Waals surface area contributed by atoms with Crippen molar-refractivity contribution in [1.29, 1.82) is 0 Å². The summed E-state index contributed by atoms with van der Waals surface area (Å²) in [6, 6.07) is 10.5. The molecule has 0 unspecified atom stereocenters. The van der Waals surface area contributed by atoms with Gasteiger partial charge in [0.2, 0.25) is 0 Å². The lowest BCUT2D eigenvalue weighted by atomic mass is 10.1.